The summed E-state index contributed by atoms with van der Waals surface area (Å²) < 4.78 is 44.0. The Labute approximate surface area is 427 Å². The Hall–Kier alpha value is -5.65. The van der Waals surface area contributed by atoms with Crippen LogP contribution in [-0.2, 0) is 32.6 Å². The highest BCUT2D eigenvalue weighted by Gasteiger charge is 2.58. The van der Waals surface area contributed by atoms with E-state index in [0.717, 1.165) is 20.7 Å². The van der Waals surface area contributed by atoms with Crippen molar-refractivity contribution in [2.45, 2.75) is 108 Å². The topological polar surface area (TPSA) is 186 Å². The summed E-state index contributed by atoms with van der Waals surface area (Å²) in [7, 11) is -3.25. The summed E-state index contributed by atoms with van der Waals surface area (Å²) in [5, 5.41) is 3.47. The summed E-state index contributed by atoms with van der Waals surface area (Å²) in [6.45, 7) is 16.6. The number of H-pyrrole nitrogens is 2. The molecule has 388 valence electrons. The van der Waals surface area contributed by atoms with Crippen LogP contribution in [0.3, 0.4) is 0 Å². The molecule has 2 aliphatic heterocycles. The van der Waals surface area contributed by atoms with Crippen LogP contribution in [0.15, 0.2) is 153 Å². The maximum atomic E-state index is 13.6. The second kappa shape index (κ2) is 22.1. The van der Waals surface area contributed by atoms with Crippen molar-refractivity contribution in [3.8, 4) is 0 Å². The maximum absolute atomic E-state index is 13.6. The van der Waals surface area contributed by atoms with Crippen LogP contribution >= 0.6 is 0 Å². The molecule has 0 saturated carbocycles. The third kappa shape index (κ3) is 10.4. The first-order valence-corrected chi connectivity index (χ1v) is 28.6. The van der Waals surface area contributed by atoms with Gasteiger partial charge in [0.25, 0.3) is 27.8 Å². The number of benzene rings is 4. The van der Waals surface area contributed by atoms with Gasteiger partial charge in [0, 0.05) is 50.2 Å². The van der Waals surface area contributed by atoms with E-state index in [2.05, 4.69) is 106 Å². The van der Waals surface area contributed by atoms with E-state index in [9.17, 15) is 19.2 Å². The molecule has 18 heteroatoms. The molecule has 73 heavy (non-hydrogen) atoms. The minimum absolute atomic E-state index is 0.0766. The van der Waals surface area contributed by atoms with Crippen molar-refractivity contribution in [3.63, 3.8) is 0 Å². The van der Waals surface area contributed by atoms with Gasteiger partial charge in [0.05, 0.1) is 19.3 Å². The van der Waals surface area contributed by atoms with Crippen LogP contribution in [0.4, 0.5) is 0 Å². The first-order chi connectivity index (χ1) is 34.9. The van der Waals surface area contributed by atoms with E-state index >= 15 is 0 Å². The Morgan fingerprint density at radius 2 is 0.945 bits per heavy atom. The number of aromatic amines is 2. The molecule has 0 aliphatic carbocycles. The lowest BCUT2D eigenvalue weighted by Gasteiger charge is -2.45. The van der Waals surface area contributed by atoms with Gasteiger partial charge >= 0.3 is 11.4 Å². The maximum Gasteiger partial charge on any atom is 0.330 e. The minimum atomic E-state index is -3.28. The molecule has 0 spiro atoms. The lowest BCUT2D eigenvalue weighted by Crippen LogP contribution is -2.69. The number of hydrogen-bond donors (Lipinski definition) is 3. The molecule has 2 aromatic heterocycles. The molecule has 2 aliphatic rings. The Morgan fingerprint density at radius 1 is 0.548 bits per heavy atom. The van der Waals surface area contributed by atoms with Crippen LogP contribution in [-0.4, -0.2) is 100 Å². The van der Waals surface area contributed by atoms with Crippen molar-refractivity contribution in [2.75, 3.05) is 34.0 Å². The predicted molar refractivity (Wildman–Crippen MR) is 285 cm³/mol. The number of methoxy groups -OCH3 is 2. The van der Waals surface area contributed by atoms with E-state index in [1.54, 1.807) is 28.1 Å². The smallest absolute Gasteiger partial charge is 0.330 e. The van der Waals surface area contributed by atoms with E-state index < -0.39 is 93.1 Å². The Balaban J connectivity index is 1.14. The Bertz CT molecular complexity index is 2950. The van der Waals surface area contributed by atoms with Crippen molar-refractivity contribution in [1.82, 2.24) is 24.6 Å². The van der Waals surface area contributed by atoms with Crippen molar-refractivity contribution in [3.05, 3.63) is 187 Å². The molecule has 0 bridgehead atoms. The fourth-order valence-electron chi connectivity index (χ4n) is 10.9. The van der Waals surface area contributed by atoms with Crippen LogP contribution in [0.1, 0.15) is 65.1 Å². The zero-order valence-electron chi connectivity index (χ0n) is 43.3. The second-order valence-electron chi connectivity index (χ2n) is 21.0. The number of nitrogens with one attached hydrogen (secondary N) is 3. The third-order valence-corrected chi connectivity index (χ3v) is 24.5. The van der Waals surface area contributed by atoms with Gasteiger partial charge in [-0.1, -0.05) is 163 Å². The number of hydrogen-bond acceptors (Lipinski definition) is 12. The summed E-state index contributed by atoms with van der Waals surface area (Å²) in [6, 6.07) is 41.0. The predicted octanol–water partition coefficient (Wildman–Crippen LogP) is 4.19. The first kappa shape index (κ1) is 53.6. The van der Waals surface area contributed by atoms with Gasteiger partial charge in [0.1, 0.15) is 24.4 Å². The third-order valence-electron chi connectivity index (χ3n) is 14.4. The first-order valence-electron chi connectivity index (χ1n) is 24.8. The van der Waals surface area contributed by atoms with Crippen molar-refractivity contribution in [1.29, 1.82) is 0 Å². The summed E-state index contributed by atoms with van der Waals surface area (Å²) >= 11 is 0. The number of ether oxygens (including phenoxy) is 4. The molecule has 8 atom stereocenters. The van der Waals surface area contributed by atoms with Gasteiger partial charge in [-0.3, -0.25) is 33.5 Å². The monoisotopic (exact) mass is 1030 g/mol. The summed E-state index contributed by atoms with van der Waals surface area (Å²) in [5.74, 6) is -0.483. The van der Waals surface area contributed by atoms with Crippen molar-refractivity contribution < 1.29 is 32.6 Å². The number of nitrogens with zero attached hydrogens (tertiary/aromatic N) is 2. The molecule has 8 rings (SSSR count). The molecule has 2 fully saturated rings. The molecule has 4 heterocycles. The molecular formula is C55H69N5O11Si2. The zero-order chi connectivity index (χ0) is 52.3. The van der Waals surface area contributed by atoms with E-state index in [4.69, 9.17) is 32.6 Å². The fourth-order valence-corrected chi connectivity index (χ4v) is 20.2. The SMILES string of the molecule is CO[C@@H]1[C@H](CNOC[C@H]2O[C@@H](n3cc(C)c(=O)[nH]c3=O)[C@H](OC)[C@@H]2O[Si](c2ccccc2)(c2ccccc2)C(C)(C)C)[C@@H](CO[Si](c2ccccc2)(c2ccccc2)C(C)(C)C)O[C@H]1n1cc(C)c(=O)[nH]c1=O. The Morgan fingerprint density at radius 3 is 1.36 bits per heavy atom. The molecule has 0 amide bonds. The van der Waals surface area contributed by atoms with Gasteiger partial charge < -0.3 is 27.8 Å². The molecule has 3 N–H and O–H groups in total. The summed E-state index contributed by atoms with van der Waals surface area (Å²) in [4.78, 5) is 63.6. The van der Waals surface area contributed by atoms with Gasteiger partial charge in [0.15, 0.2) is 12.5 Å². The molecule has 0 radical (unpaired) electrons. The molecule has 0 unspecified atom stereocenters. The molecule has 2 saturated heterocycles. The van der Waals surface area contributed by atoms with Crippen molar-refractivity contribution >= 4 is 37.4 Å². The average molecular weight is 1030 g/mol. The van der Waals surface area contributed by atoms with Crippen LogP contribution in [0, 0.1) is 19.8 Å². The van der Waals surface area contributed by atoms with Crippen LogP contribution in [0.25, 0.3) is 0 Å². The van der Waals surface area contributed by atoms with E-state index in [1.165, 1.54) is 21.5 Å². The number of rotatable bonds is 18. The van der Waals surface area contributed by atoms with Gasteiger partial charge in [-0.05, 0) is 44.7 Å². The van der Waals surface area contributed by atoms with Crippen LogP contribution in [0.2, 0.25) is 10.1 Å². The zero-order valence-corrected chi connectivity index (χ0v) is 45.3. The normalized spacial score (nSPS) is 22.7. The summed E-state index contributed by atoms with van der Waals surface area (Å²) in [5.41, 5.74) is 1.58. The van der Waals surface area contributed by atoms with Gasteiger partial charge in [-0.15, -0.1) is 0 Å². The highest BCUT2D eigenvalue weighted by atomic mass is 28.4. The molecule has 6 aromatic rings. The number of aromatic nitrogens is 4. The van der Waals surface area contributed by atoms with E-state index in [-0.39, 0.29) is 24.8 Å². The summed E-state index contributed by atoms with van der Waals surface area (Å²) in [6.07, 6.45) is -2.86. The van der Waals surface area contributed by atoms with Gasteiger partial charge in [0.2, 0.25) is 0 Å². The molecular weight excluding hydrogens is 963 g/mol. The molecule has 4 aromatic carbocycles. The number of hydroxylamine groups is 1. The Kier molecular flexibility index (Phi) is 16.2. The standard InChI is InChI=1S/C55H69N5O11Si2/c1-36-32-59(52(63)57-48(36)61)50-45(65-9)42(43(69-50)35-68-72(54(3,4)5,38-23-15-11-16-24-38)39-25-17-12-18-26-39)31-56-67-34-44-46(47(66-10)51(70-44)60-33-37(2)49(62)58-53(60)64)71-73(55(6,7)8,40-27-19-13-20-28-40)41-29-21-14-22-30-41/h11-30,32-33,42-47,50-51,56H,31,34-35H2,1-10H3,(H,57,61,63)(H,58,62,64)/t42-,43-,44-,45-,46-,47-,50-,51-/m1/s1. The van der Waals surface area contributed by atoms with E-state index in [1.807, 2.05) is 72.8 Å². The van der Waals surface area contributed by atoms with Crippen LogP contribution < -0.4 is 48.7 Å². The fraction of sp³-hybridized carbons (Fsp3) is 0.418. The quantitative estimate of drug-likeness (QED) is 0.0635. The number of aryl methyl sites for hydroxylation is 2. The van der Waals surface area contributed by atoms with Crippen molar-refractivity contribution in [2.24, 2.45) is 5.92 Å². The highest BCUT2D eigenvalue weighted by Crippen LogP contribution is 2.43. The van der Waals surface area contributed by atoms with E-state index in [0.29, 0.717) is 11.1 Å². The second-order valence-corrected chi connectivity index (χ2v) is 29.6. The minimum Gasteiger partial charge on any atom is -0.405 e. The largest absolute Gasteiger partial charge is 0.405 e. The van der Waals surface area contributed by atoms with Crippen LogP contribution in [0.5, 0.6) is 0 Å². The van der Waals surface area contributed by atoms with Gasteiger partial charge in [-0.25, -0.2) is 15.1 Å². The lowest BCUT2D eigenvalue weighted by molar-refractivity contribution is -0.0929. The van der Waals surface area contributed by atoms with Gasteiger partial charge in [-0.2, -0.15) is 0 Å². The highest BCUT2D eigenvalue weighted by molar-refractivity contribution is 7.00. The molecule has 16 nitrogen and oxygen atoms in total. The lowest BCUT2D eigenvalue weighted by atomic mass is 9.98. The average Bonchev–Trinajstić information content (AvgIpc) is 3.90.